The number of benzene rings is 1. The van der Waals surface area contributed by atoms with Crippen LogP contribution in [0.25, 0.3) is 0 Å². The standard InChI is InChI=1S/C20H22ClFN4O2/c1-14(24-19(27)13-15-16(21)5-4-6-17(15)22)20(28)26-11-9-25(10-12-26)18-7-2-3-8-23-18/h2-8,14H,9-13H2,1H3,(H,24,27)/t14-/m1/s1. The molecule has 1 saturated heterocycles. The predicted octanol–water partition coefficient (Wildman–Crippen LogP) is 2.27. The zero-order valence-electron chi connectivity index (χ0n) is 15.6. The van der Waals surface area contributed by atoms with Gasteiger partial charge in [-0.05, 0) is 31.2 Å². The molecule has 0 aliphatic carbocycles. The number of anilines is 1. The first-order valence-corrected chi connectivity index (χ1v) is 9.50. The molecule has 2 aromatic rings. The molecule has 2 heterocycles. The monoisotopic (exact) mass is 404 g/mol. The third kappa shape index (κ3) is 4.78. The Labute approximate surface area is 168 Å². The van der Waals surface area contributed by atoms with Crippen molar-refractivity contribution in [2.75, 3.05) is 31.1 Å². The van der Waals surface area contributed by atoms with Gasteiger partial charge in [0.15, 0.2) is 0 Å². The van der Waals surface area contributed by atoms with Gasteiger partial charge < -0.3 is 15.1 Å². The van der Waals surface area contributed by atoms with Crippen molar-refractivity contribution in [1.29, 1.82) is 0 Å². The van der Waals surface area contributed by atoms with Crippen LogP contribution in [0.15, 0.2) is 42.6 Å². The topological polar surface area (TPSA) is 65.5 Å². The Balaban J connectivity index is 1.51. The number of pyridine rings is 1. The normalized spacial score (nSPS) is 15.2. The van der Waals surface area contributed by atoms with Crippen LogP contribution in [0.5, 0.6) is 0 Å². The number of carbonyl (C=O) groups is 2. The molecule has 0 unspecified atom stereocenters. The maximum absolute atomic E-state index is 13.8. The molecule has 1 fully saturated rings. The SMILES string of the molecule is C[C@@H](NC(=O)Cc1c(F)cccc1Cl)C(=O)N1CCN(c2ccccn2)CC1. The molecule has 1 aliphatic heterocycles. The van der Waals surface area contributed by atoms with Gasteiger partial charge in [-0.3, -0.25) is 9.59 Å². The molecule has 1 N–H and O–H groups in total. The predicted molar refractivity (Wildman–Crippen MR) is 106 cm³/mol. The van der Waals surface area contributed by atoms with Crippen molar-refractivity contribution in [3.8, 4) is 0 Å². The highest BCUT2D eigenvalue weighted by Crippen LogP contribution is 2.19. The van der Waals surface area contributed by atoms with Gasteiger partial charge in [-0.15, -0.1) is 0 Å². The lowest BCUT2D eigenvalue weighted by molar-refractivity contribution is -0.136. The summed E-state index contributed by atoms with van der Waals surface area (Å²) in [5.74, 6) is -0.251. The van der Waals surface area contributed by atoms with Crippen molar-refractivity contribution in [3.63, 3.8) is 0 Å². The van der Waals surface area contributed by atoms with Crippen molar-refractivity contribution < 1.29 is 14.0 Å². The van der Waals surface area contributed by atoms with E-state index in [9.17, 15) is 14.0 Å². The highest BCUT2D eigenvalue weighted by Gasteiger charge is 2.26. The fraction of sp³-hybridized carbons (Fsp3) is 0.350. The Bertz CT molecular complexity index is 821. The summed E-state index contributed by atoms with van der Waals surface area (Å²) in [5.41, 5.74) is 0.130. The van der Waals surface area contributed by atoms with Gasteiger partial charge in [0.05, 0.1) is 6.42 Å². The third-order valence-corrected chi connectivity index (χ3v) is 5.07. The van der Waals surface area contributed by atoms with Crippen LogP contribution in [0.1, 0.15) is 12.5 Å². The van der Waals surface area contributed by atoms with E-state index in [4.69, 9.17) is 11.6 Å². The van der Waals surface area contributed by atoms with Crippen LogP contribution in [0.4, 0.5) is 10.2 Å². The summed E-state index contributed by atoms with van der Waals surface area (Å²) >= 11 is 5.95. The van der Waals surface area contributed by atoms with Crippen LogP contribution in [0.3, 0.4) is 0 Å². The third-order valence-electron chi connectivity index (χ3n) is 4.71. The molecule has 0 saturated carbocycles. The second-order valence-electron chi connectivity index (χ2n) is 6.67. The summed E-state index contributed by atoms with van der Waals surface area (Å²) in [6.07, 6.45) is 1.53. The van der Waals surface area contributed by atoms with Crippen molar-refractivity contribution in [2.45, 2.75) is 19.4 Å². The van der Waals surface area contributed by atoms with Crippen LogP contribution in [-0.4, -0.2) is 53.9 Å². The van der Waals surface area contributed by atoms with Crippen LogP contribution < -0.4 is 10.2 Å². The Morgan fingerprint density at radius 2 is 1.93 bits per heavy atom. The lowest BCUT2D eigenvalue weighted by Gasteiger charge is -2.36. The van der Waals surface area contributed by atoms with Crippen LogP contribution in [0, 0.1) is 5.82 Å². The van der Waals surface area contributed by atoms with Gasteiger partial charge in [-0.25, -0.2) is 9.37 Å². The first kappa shape index (κ1) is 20.1. The maximum atomic E-state index is 13.8. The van der Waals surface area contributed by atoms with E-state index in [1.165, 1.54) is 18.2 Å². The molecule has 1 aliphatic rings. The number of piperazine rings is 1. The summed E-state index contributed by atoms with van der Waals surface area (Å²) in [7, 11) is 0. The van der Waals surface area contributed by atoms with E-state index in [1.807, 2.05) is 18.2 Å². The Morgan fingerprint density at radius 1 is 1.18 bits per heavy atom. The Kier molecular flexibility index (Phi) is 6.46. The fourth-order valence-electron chi connectivity index (χ4n) is 3.19. The zero-order valence-corrected chi connectivity index (χ0v) is 16.3. The molecular weight excluding hydrogens is 383 g/mol. The number of nitrogens with zero attached hydrogens (tertiary/aromatic N) is 3. The summed E-state index contributed by atoms with van der Waals surface area (Å²) in [6, 6.07) is 9.30. The molecule has 1 aromatic heterocycles. The van der Waals surface area contributed by atoms with Gasteiger partial charge >= 0.3 is 0 Å². The zero-order chi connectivity index (χ0) is 20.1. The first-order chi connectivity index (χ1) is 13.5. The average molecular weight is 405 g/mol. The number of nitrogens with one attached hydrogen (secondary N) is 1. The number of hydrogen-bond acceptors (Lipinski definition) is 4. The van der Waals surface area contributed by atoms with Crippen LogP contribution in [0.2, 0.25) is 5.02 Å². The van der Waals surface area contributed by atoms with Crippen molar-refractivity contribution in [3.05, 3.63) is 59.0 Å². The average Bonchev–Trinajstić information content (AvgIpc) is 2.71. The van der Waals surface area contributed by atoms with E-state index in [0.717, 1.165) is 5.82 Å². The van der Waals surface area contributed by atoms with E-state index in [1.54, 1.807) is 18.0 Å². The van der Waals surface area contributed by atoms with E-state index >= 15 is 0 Å². The summed E-state index contributed by atoms with van der Waals surface area (Å²) < 4.78 is 13.8. The quantitative estimate of drug-likeness (QED) is 0.830. The minimum Gasteiger partial charge on any atom is -0.353 e. The summed E-state index contributed by atoms with van der Waals surface area (Å²) in [5, 5.41) is 2.84. The minimum absolute atomic E-state index is 0.130. The molecule has 0 bridgehead atoms. The summed E-state index contributed by atoms with van der Waals surface area (Å²) in [6.45, 7) is 4.08. The van der Waals surface area contributed by atoms with Gasteiger partial charge in [-0.1, -0.05) is 23.7 Å². The Morgan fingerprint density at radius 3 is 2.57 bits per heavy atom. The van der Waals surface area contributed by atoms with Gasteiger partial charge in [0.2, 0.25) is 11.8 Å². The number of halogens is 2. The lowest BCUT2D eigenvalue weighted by atomic mass is 10.1. The number of hydrogen-bond donors (Lipinski definition) is 1. The molecule has 1 aromatic carbocycles. The molecule has 6 nitrogen and oxygen atoms in total. The smallest absolute Gasteiger partial charge is 0.244 e. The molecule has 3 rings (SSSR count). The molecule has 148 valence electrons. The second-order valence-corrected chi connectivity index (χ2v) is 7.07. The lowest BCUT2D eigenvalue weighted by Crippen LogP contribution is -2.54. The van der Waals surface area contributed by atoms with Gasteiger partial charge in [-0.2, -0.15) is 0 Å². The number of rotatable bonds is 5. The van der Waals surface area contributed by atoms with Crippen LogP contribution >= 0.6 is 11.6 Å². The van der Waals surface area contributed by atoms with Crippen molar-refractivity contribution >= 4 is 29.2 Å². The number of amides is 2. The fourth-order valence-corrected chi connectivity index (χ4v) is 3.42. The highest BCUT2D eigenvalue weighted by molar-refractivity contribution is 6.31. The second kappa shape index (κ2) is 9.01. The van der Waals surface area contributed by atoms with Gasteiger partial charge in [0.25, 0.3) is 0 Å². The van der Waals surface area contributed by atoms with E-state index in [-0.39, 0.29) is 22.9 Å². The van der Waals surface area contributed by atoms with E-state index < -0.39 is 17.8 Å². The van der Waals surface area contributed by atoms with Gasteiger partial charge in [0, 0.05) is 43.0 Å². The molecular formula is C20H22ClFN4O2. The van der Waals surface area contributed by atoms with E-state index in [0.29, 0.717) is 26.2 Å². The largest absolute Gasteiger partial charge is 0.353 e. The van der Waals surface area contributed by atoms with Crippen molar-refractivity contribution in [2.24, 2.45) is 0 Å². The maximum Gasteiger partial charge on any atom is 0.244 e. The molecule has 0 radical (unpaired) electrons. The van der Waals surface area contributed by atoms with E-state index in [2.05, 4.69) is 15.2 Å². The number of carbonyl (C=O) groups excluding carboxylic acids is 2. The Hall–Kier alpha value is -2.67. The summed E-state index contributed by atoms with van der Waals surface area (Å²) in [4.78, 5) is 33.0. The van der Waals surface area contributed by atoms with Crippen LogP contribution in [-0.2, 0) is 16.0 Å². The van der Waals surface area contributed by atoms with Gasteiger partial charge in [0.1, 0.15) is 17.7 Å². The molecule has 2 amide bonds. The molecule has 8 heteroatoms. The molecule has 0 spiro atoms. The number of aromatic nitrogens is 1. The molecule has 28 heavy (non-hydrogen) atoms. The molecule has 1 atom stereocenters. The first-order valence-electron chi connectivity index (χ1n) is 9.12. The minimum atomic E-state index is -0.695. The van der Waals surface area contributed by atoms with Crippen molar-refractivity contribution in [1.82, 2.24) is 15.2 Å². The highest BCUT2D eigenvalue weighted by atomic mass is 35.5.